The minimum atomic E-state index is 0.0888. The van der Waals surface area contributed by atoms with Crippen LogP contribution in [0.2, 0.25) is 0 Å². The number of carbonyl (C=O) groups excluding carboxylic acids is 1. The lowest BCUT2D eigenvalue weighted by molar-refractivity contribution is -0.898. The summed E-state index contributed by atoms with van der Waals surface area (Å²) in [6.45, 7) is 3.03. The van der Waals surface area contributed by atoms with Crippen LogP contribution in [0.5, 0.6) is 5.75 Å². The average Bonchev–Trinajstić information content (AvgIpc) is 3.17. The van der Waals surface area contributed by atoms with Crippen molar-refractivity contribution < 1.29 is 14.4 Å². The molecule has 1 aromatic heterocycles. The molecule has 1 unspecified atom stereocenters. The summed E-state index contributed by atoms with van der Waals surface area (Å²) in [5.74, 6) is 1.35. The van der Waals surface area contributed by atoms with Gasteiger partial charge in [-0.05, 0) is 31.0 Å². The summed E-state index contributed by atoms with van der Waals surface area (Å²) in [6.07, 6.45) is 2.29. The van der Waals surface area contributed by atoms with Gasteiger partial charge in [-0.25, -0.2) is 4.98 Å². The Labute approximate surface area is 169 Å². The van der Waals surface area contributed by atoms with Crippen LogP contribution in [0.1, 0.15) is 29.3 Å². The highest BCUT2D eigenvalue weighted by Gasteiger charge is 2.28. The maximum Gasteiger partial charge on any atom is 0.275 e. The van der Waals surface area contributed by atoms with Crippen LogP contribution < -0.4 is 15.0 Å². The van der Waals surface area contributed by atoms with Gasteiger partial charge in [0, 0.05) is 12.1 Å². The monoisotopic (exact) mass is 396 g/mol. The van der Waals surface area contributed by atoms with Gasteiger partial charge in [-0.2, -0.15) is 0 Å². The highest BCUT2D eigenvalue weighted by atomic mass is 32.1. The van der Waals surface area contributed by atoms with Crippen molar-refractivity contribution in [3.8, 4) is 5.75 Å². The summed E-state index contributed by atoms with van der Waals surface area (Å²) in [7, 11) is 1.65. The van der Waals surface area contributed by atoms with E-state index in [1.54, 1.807) is 18.4 Å². The number of methoxy groups -OCH3 is 1. The molecule has 5 nitrogen and oxygen atoms in total. The SMILES string of the molecule is COc1ccccc1CNC(=O)C[NH+]1CCC[C@@H](c2nc3ccccc3s2)C1. The highest BCUT2D eigenvalue weighted by molar-refractivity contribution is 7.18. The van der Waals surface area contributed by atoms with Gasteiger partial charge < -0.3 is 15.0 Å². The predicted octanol–water partition coefficient (Wildman–Crippen LogP) is 2.38. The van der Waals surface area contributed by atoms with Crippen molar-refractivity contribution in [2.45, 2.75) is 25.3 Å². The number of nitrogens with zero attached hydrogens (tertiary/aromatic N) is 1. The van der Waals surface area contributed by atoms with Crippen LogP contribution in [0.25, 0.3) is 10.2 Å². The molecule has 2 aromatic carbocycles. The van der Waals surface area contributed by atoms with Crippen molar-refractivity contribution in [2.24, 2.45) is 0 Å². The Kier molecular flexibility index (Phi) is 5.88. The van der Waals surface area contributed by atoms with Gasteiger partial charge in [0.2, 0.25) is 0 Å². The van der Waals surface area contributed by atoms with Gasteiger partial charge in [0.25, 0.3) is 5.91 Å². The normalized spacial score (nSPS) is 19.5. The Bertz CT molecular complexity index is 923. The summed E-state index contributed by atoms with van der Waals surface area (Å²) in [6, 6.07) is 16.1. The van der Waals surface area contributed by atoms with Crippen molar-refractivity contribution >= 4 is 27.5 Å². The van der Waals surface area contributed by atoms with Crippen LogP contribution in [0.15, 0.2) is 48.5 Å². The van der Waals surface area contributed by atoms with Gasteiger partial charge >= 0.3 is 0 Å². The fourth-order valence-corrected chi connectivity index (χ4v) is 5.02. The van der Waals surface area contributed by atoms with Gasteiger partial charge in [-0.1, -0.05) is 30.3 Å². The van der Waals surface area contributed by atoms with E-state index in [0.717, 1.165) is 42.8 Å². The van der Waals surface area contributed by atoms with Crippen LogP contribution in [-0.4, -0.2) is 37.6 Å². The second kappa shape index (κ2) is 8.71. The third-order valence-electron chi connectivity index (χ3n) is 5.36. The summed E-state index contributed by atoms with van der Waals surface area (Å²) in [5, 5.41) is 4.26. The predicted molar refractivity (Wildman–Crippen MR) is 112 cm³/mol. The number of carbonyl (C=O) groups is 1. The molecule has 3 aromatic rings. The van der Waals surface area contributed by atoms with Crippen molar-refractivity contribution in [1.29, 1.82) is 0 Å². The fraction of sp³-hybridized carbons (Fsp3) is 0.364. The number of fused-ring (bicyclic) bond motifs is 1. The molecule has 0 bridgehead atoms. The number of aromatic nitrogens is 1. The molecular weight excluding hydrogens is 370 g/mol. The highest BCUT2D eigenvalue weighted by Crippen LogP contribution is 2.30. The topological polar surface area (TPSA) is 55.7 Å². The Balaban J connectivity index is 1.33. The third kappa shape index (κ3) is 4.34. The molecule has 2 heterocycles. The van der Waals surface area contributed by atoms with E-state index in [-0.39, 0.29) is 5.91 Å². The molecule has 2 N–H and O–H groups in total. The summed E-state index contributed by atoms with van der Waals surface area (Å²) < 4.78 is 6.60. The number of hydrogen-bond donors (Lipinski definition) is 2. The summed E-state index contributed by atoms with van der Waals surface area (Å²) in [4.78, 5) is 18.7. The Morgan fingerprint density at radius 3 is 2.93 bits per heavy atom. The number of thiazole rings is 1. The lowest BCUT2D eigenvalue weighted by atomic mass is 9.99. The number of ether oxygens (including phenoxy) is 1. The zero-order chi connectivity index (χ0) is 19.3. The molecule has 6 heteroatoms. The molecule has 0 aliphatic carbocycles. The molecule has 0 radical (unpaired) electrons. The minimum Gasteiger partial charge on any atom is -0.496 e. The zero-order valence-electron chi connectivity index (χ0n) is 16.1. The van der Waals surface area contributed by atoms with Crippen molar-refractivity contribution in [1.82, 2.24) is 10.3 Å². The number of para-hydroxylation sites is 2. The van der Waals surface area contributed by atoms with Crippen LogP contribution in [0, 0.1) is 0 Å². The van der Waals surface area contributed by atoms with E-state index in [1.165, 1.54) is 14.6 Å². The number of quaternary nitrogens is 1. The number of rotatable bonds is 6. The van der Waals surface area contributed by atoms with Gasteiger partial charge in [-0.3, -0.25) is 4.79 Å². The number of likely N-dealkylation sites (tertiary alicyclic amines) is 1. The molecule has 1 fully saturated rings. The first-order valence-corrected chi connectivity index (χ1v) is 10.6. The maximum atomic E-state index is 12.5. The first kappa shape index (κ1) is 18.9. The van der Waals surface area contributed by atoms with E-state index in [0.29, 0.717) is 19.0 Å². The Morgan fingerprint density at radius 2 is 2.07 bits per heavy atom. The standard InChI is InChI=1S/C22H25N3O2S/c1-27-19-10-4-2-7-16(19)13-23-21(26)15-25-12-6-8-17(14-25)22-24-18-9-3-5-11-20(18)28-22/h2-5,7,9-11,17H,6,8,12-15H2,1H3,(H,23,26)/p+1/t17-/m1/s1. The van der Waals surface area contributed by atoms with Gasteiger partial charge in [0.05, 0.1) is 36.3 Å². The molecule has 28 heavy (non-hydrogen) atoms. The van der Waals surface area contributed by atoms with E-state index in [4.69, 9.17) is 9.72 Å². The van der Waals surface area contributed by atoms with Gasteiger partial charge in [-0.15, -0.1) is 11.3 Å². The van der Waals surface area contributed by atoms with Crippen LogP contribution in [-0.2, 0) is 11.3 Å². The Morgan fingerprint density at radius 1 is 1.25 bits per heavy atom. The lowest BCUT2D eigenvalue weighted by Crippen LogP contribution is -3.14. The number of nitrogens with one attached hydrogen (secondary N) is 2. The van der Waals surface area contributed by atoms with E-state index < -0.39 is 0 Å². The maximum absolute atomic E-state index is 12.5. The summed E-state index contributed by atoms with van der Waals surface area (Å²) >= 11 is 1.80. The summed E-state index contributed by atoms with van der Waals surface area (Å²) in [5.41, 5.74) is 2.09. The van der Waals surface area contributed by atoms with Crippen molar-refractivity contribution in [3.05, 3.63) is 59.1 Å². The molecule has 1 amide bonds. The van der Waals surface area contributed by atoms with Crippen LogP contribution >= 0.6 is 11.3 Å². The van der Waals surface area contributed by atoms with Crippen molar-refractivity contribution in [2.75, 3.05) is 26.7 Å². The van der Waals surface area contributed by atoms with E-state index >= 15 is 0 Å². The number of amides is 1. The zero-order valence-corrected chi connectivity index (χ0v) is 16.9. The molecule has 0 saturated carbocycles. The average molecular weight is 397 g/mol. The fourth-order valence-electron chi connectivity index (χ4n) is 3.92. The van der Waals surface area contributed by atoms with Crippen molar-refractivity contribution in [3.63, 3.8) is 0 Å². The number of hydrogen-bond acceptors (Lipinski definition) is 4. The second-order valence-corrected chi connectivity index (χ2v) is 8.39. The van der Waals surface area contributed by atoms with Gasteiger partial charge in [0.15, 0.2) is 6.54 Å². The first-order chi connectivity index (χ1) is 13.7. The minimum absolute atomic E-state index is 0.0888. The third-order valence-corrected chi connectivity index (χ3v) is 6.56. The van der Waals surface area contributed by atoms with E-state index in [1.807, 2.05) is 30.3 Å². The molecule has 2 atom stereocenters. The van der Waals surface area contributed by atoms with Crippen LogP contribution in [0.3, 0.4) is 0 Å². The molecule has 1 aliphatic rings. The van der Waals surface area contributed by atoms with Crippen LogP contribution in [0.4, 0.5) is 0 Å². The molecular formula is C22H26N3O2S+. The molecule has 0 spiro atoms. The largest absolute Gasteiger partial charge is 0.496 e. The number of benzene rings is 2. The van der Waals surface area contributed by atoms with Gasteiger partial charge in [0.1, 0.15) is 10.8 Å². The molecule has 1 saturated heterocycles. The number of piperidine rings is 1. The van der Waals surface area contributed by atoms with E-state index in [2.05, 4.69) is 23.5 Å². The quantitative estimate of drug-likeness (QED) is 0.673. The molecule has 146 valence electrons. The molecule has 4 rings (SSSR count). The van der Waals surface area contributed by atoms with E-state index in [9.17, 15) is 4.79 Å². The Hall–Kier alpha value is -2.44. The smallest absolute Gasteiger partial charge is 0.275 e. The second-order valence-electron chi connectivity index (χ2n) is 7.33. The lowest BCUT2D eigenvalue weighted by Gasteiger charge is -2.28. The first-order valence-electron chi connectivity index (χ1n) is 9.80. The molecule has 1 aliphatic heterocycles.